The van der Waals surface area contributed by atoms with Crippen LogP contribution in [0.2, 0.25) is 0 Å². The first-order valence-corrected chi connectivity index (χ1v) is 7.80. The lowest BCUT2D eigenvalue weighted by molar-refractivity contribution is -0.148. The molecule has 9 N–H and O–H groups in total. The predicted octanol–water partition coefficient (Wildman–Crippen LogP) is -4.28. The van der Waals surface area contributed by atoms with Crippen molar-refractivity contribution in [1.82, 2.24) is 16.0 Å². The average molecular weight is 392 g/mol. The van der Waals surface area contributed by atoms with E-state index in [-0.39, 0.29) is 0 Å². The fourth-order valence-corrected chi connectivity index (χ4v) is 1.79. The van der Waals surface area contributed by atoms with Gasteiger partial charge in [-0.15, -0.1) is 0 Å². The molecule has 0 radical (unpaired) electrons. The van der Waals surface area contributed by atoms with Crippen molar-refractivity contribution in [2.45, 2.75) is 50.5 Å². The fraction of sp³-hybridized carbons (Fsp3) is 0.643. The van der Waals surface area contributed by atoms with E-state index in [0.717, 1.165) is 6.92 Å². The Bertz CT molecular complexity index is 579. The van der Waals surface area contributed by atoms with Gasteiger partial charge in [-0.3, -0.25) is 19.2 Å². The van der Waals surface area contributed by atoms with Crippen LogP contribution < -0.4 is 21.7 Å². The molecule has 13 heteroatoms. The summed E-state index contributed by atoms with van der Waals surface area (Å²) >= 11 is 0. The predicted molar refractivity (Wildman–Crippen MR) is 88.1 cm³/mol. The summed E-state index contributed by atoms with van der Waals surface area (Å²) in [5, 5.41) is 42.5. The lowest BCUT2D eigenvalue weighted by atomic mass is 10.1. The molecule has 13 nitrogen and oxygen atoms in total. The molecule has 154 valence electrons. The van der Waals surface area contributed by atoms with E-state index in [4.69, 9.17) is 15.9 Å². The Balaban J connectivity index is 5.17. The zero-order valence-corrected chi connectivity index (χ0v) is 14.7. The molecular formula is C14H24N4O9. The number of hydrogen-bond donors (Lipinski definition) is 8. The van der Waals surface area contributed by atoms with E-state index in [0.29, 0.717) is 0 Å². The van der Waals surface area contributed by atoms with E-state index < -0.39 is 73.0 Å². The third kappa shape index (κ3) is 8.44. The Kier molecular flexibility index (Phi) is 9.92. The Morgan fingerprint density at radius 2 is 1.41 bits per heavy atom. The summed E-state index contributed by atoms with van der Waals surface area (Å²) in [6.07, 6.45) is -2.43. The molecule has 0 bridgehead atoms. The number of carbonyl (C=O) groups excluding carboxylic acids is 3. The van der Waals surface area contributed by atoms with Crippen LogP contribution in [0.1, 0.15) is 20.3 Å². The smallest absolute Gasteiger partial charge is 0.326 e. The molecule has 0 aromatic carbocycles. The second-order valence-corrected chi connectivity index (χ2v) is 5.76. The molecule has 0 aromatic rings. The van der Waals surface area contributed by atoms with Gasteiger partial charge in [-0.25, -0.2) is 4.79 Å². The topological polar surface area (TPSA) is 228 Å². The van der Waals surface area contributed by atoms with E-state index in [1.807, 2.05) is 5.32 Å². The minimum atomic E-state index is -1.79. The van der Waals surface area contributed by atoms with Gasteiger partial charge < -0.3 is 42.1 Å². The van der Waals surface area contributed by atoms with Crippen LogP contribution in [-0.2, 0) is 24.0 Å². The second kappa shape index (κ2) is 11.1. The number of carboxylic acid groups (broad SMARTS) is 2. The highest BCUT2D eigenvalue weighted by Gasteiger charge is 2.32. The van der Waals surface area contributed by atoms with E-state index >= 15 is 0 Å². The largest absolute Gasteiger partial charge is 0.481 e. The third-order valence-corrected chi connectivity index (χ3v) is 3.29. The summed E-state index contributed by atoms with van der Waals surface area (Å²) in [6, 6.07) is -5.92. The van der Waals surface area contributed by atoms with Gasteiger partial charge in [-0.1, -0.05) is 0 Å². The number of carboxylic acids is 2. The van der Waals surface area contributed by atoms with Crippen molar-refractivity contribution in [3.05, 3.63) is 0 Å². The van der Waals surface area contributed by atoms with Gasteiger partial charge in [0.1, 0.15) is 18.1 Å². The van der Waals surface area contributed by atoms with Crippen LogP contribution in [-0.4, -0.2) is 87.0 Å². The maximum atomic E-state index is 12.1. The Morgan fingerprint density at radius 1 is 0.889 bits per heavy atom. The van der Waals surface area contributed by atoms with Crippen LogP contribution >= 0.6 is 0 Å². The molecule has 27 heavy (non-hydrogen) atoms. The molecular weight excluding hydrogens is 368 g/mol. The van der Waals surface area contributed by atoms with Crippen LogP contribution in [0.15, 0.2) is 0 Å². The molecule has 0 spiro atoms. The summed E-state index contributed by atoms with van der Waals surface area (Å²) in [6.45, 7) is 1.61. The molecule has 0 saturated heterocycles. The molecule has 0 rings (SSSR count). The van der Waals surface area contributed by atoms with Crippen LogP contribution in [0, 0.1) is 0 Å². The van der Waals surface area contributed by atoms with Gasteiger partial charge in [0.05, 0.1) is 25.2 Å². The molecule has 3 amide bonds. The van der Waals surface area contributed by atoms with Gasteiger partial charge >= 0.3 is 11.9 Å². The van der Waals surface area contributed by atoms with Crippen molar-refractivity contribution in [1.29, 1.82) is 0 Å². The van der Waals surface area contributed by atoms with Gasteiger partial charge in [0, 0.05) is 0 Å². The Hall–Kier alpha value is -2.77. The Labute approximate surface area is 153 Å². The number of aliphatic carboxylic acids is 2. The summed E-state index contributed by atoms with van der Waals surface area (Å²) < 4.78 is 0. The van der Waals surface area contributed by atoms with Gasteiger partial charge in [0.15, 0.2) is 0 Å². The summed E-state index contributed by atoms with van der Waals surface area (Å²) in [7, 11) is 0. The second-order valence-electron chi connectivity index (χ2n) is 5.76. The number of nitrogens with one attached hydrogen (secondary N) is 3. The molecule has 0 fully saturated rings. The normalized spacial score (nSPS) is 16.2. The van der Waals surface area contributed by atoms with Crippen LogP contribution in [0.5, 0.6) is 0 Å². The van der Waals surface area contributed by atoms with Crippen LogP contribution in [0.3, 0.4) is 0 Å². The highest BCUT2D eigenvalue weighted by Crippen LogP contribution is 2.00. The molecule has 0 aliphatic heterocycles. The average Bonchev–Trinajstić information content (AvgIpc) is 2.55. The number of carbonyl (C=O) groups is 5. The van der Waals surface area contributed by atoms with E-state index in [2.05, 4.69) is 10.6 Å². The highest BCUT2D eigenvalue weighted by molar-refractivity contribution is 5.94. The number of amides is 3. The molecule has 0 heterocycles. The Morgan fingerprint density at radius 3 is 1.78 bits per heavy atom. The molecule has 5 atom stereocenters. The number of aliphatic hydroxyl groups excluding tert-OH is 2. The molecule has 0 aliphatic carbocycles. The van der Waals surface area contributed by atoms with E-state index in [1.54, 1.807) is 0 Å². The fourth-order valence-electron chi connectivity index (χ4n) is 1.79. The maximum absolute atomic E-state index is 12.1. The van der Waals surface area contributed by atoms with Crippen molar-refractivity contribution in [3.63, 3.8) is 0 Å². The minimum absolute atomic E-state index is 0.755. The molecule has 5 unspecified atom stereocenters. The van der Waals surface area contributed by atoms with E-state index in [9.17, 15) is 34.2 Å². The first-order chi connectivity index (χ1) is 12.4. The zero-order valence-electron chi connectivity index (χ0n) is 14.7. The van der Waals surface area contributed by atoms with Gasteiger partial charge in [0.2, 0.25) is 17.7 Å². The summed E-state index contributed by atoms with van der Waals surface area (Å²) in [4.78, 5) is 57.4. The lowest BCUT2D eigenvalue weighted by Crippen LogP contribution is -2.60. The number of nitrogens with two attached hydrogens (primary N) is 1. The standard InChI is InChI=1S/C14H24N4O9/c1-5(15)11(23)17-8(4-19)12(24)18-10(6(2)20)13(25)16-7(14(26)27)3-9(21)22/h5-8,10,19-20H,3-4,15H2,1-2H3,(H,16,25)(H,17,23)(H,18,24)(H,21,22)(H,26,27). The monoisotopic (exact) mass is 392 g/mol. The van der Waals surface area contributed by atoms with Crippen molar-refractivity contribution in [2.24, 2.45) is 5.73 Å². The number of hydrogen-bond acceptors (Lipinski definition) is 8. The quantitative estimate of drug-likeness (QED) is 0.169. The minimum Gasteiger partial charge on any atom is -0.481 e. The van der Waals surface area contributed by atoms with Gasteiger partial charge in [0.25, 0.3) is 0 Å². The SMILES string of the molecule is CC(N)C(=O)NC(CO)C(=O)NC(C(=O)NC(CC(=O)O)C(=O)O)C(C)O. The first kappa shape index (κ1) is 24.2. The van der Waals surface area contributed by atoms with Crippen LogP contribution in [0.4, 0.5) is 0 Å². The molecule has 0 saturated carbocycles. The number of rotatable bonds is 11. The van der Waals surface area contributed by atoms with Gasteiger partial charge in [-0.05, 0) is 13.8 Å². The first-order valence-electron chi connectivity index (χ1n) is 7.80. The van der Waals surface area contributed by atoms with Gasteiger partial charge in [-0.2, -0.15) is 0 Å². The highest BCUT2D eigenvalue weighted by atomic mass is 16.4. The molecule has 0 aliphatic rings. The van der Waals surface area contributed by atoms with Crippen molar-refractivity contribution in [2.75, 3.05) is 6.61 Å². The van der Waals surface area contributed by atoms with E-state index in [1.165, 1.54) is 6.92 Å². The summed E-state index contributed by atoms with van der Waals surface area (Å²) in [5.74, 6) is -6.08. The zero-order chi connectivity index (χ0) is 21.3. The lowest BCUT2D eigenvalue weighted by Gasteiger charge is -2.25. The van der Waals surface area contributed by atoms with Crippen molar-refractivity contribution < 1.29 is 44.4 Å². The van der Waals surface area contributed by atoms with Crippen molar-refractivity contribution in [3.8, 4) is 0 Å². The third-order valence-electron chi connectivity index (χ3n) is 3.29. The van der Waals surface area contributed by atoms with Crippen molar-refractivity contribution >= 4 is 29.7 Å². The number of aliphatic hydroxyl groups is 2. The van der Waals surface area contributed by atoms with Crippen LogP contribution in [0.25, 0.3) is 0 Å². The maximum Gasteiger partial charge on any atom is 0.326 e. The molecule has 0 aromatic heterocycles. The summed E-state index contributed by atoms with van der Waals surface area (Å²) in [5.41, 5.74) is 5.33.